The van der Waals surface area contributed by atoms with E-state index in [9.17, 15) is 4.79 Å². The molecule has 0 aliphatic carbocycles. The first-order valence-corrected chi connectivity index (χ1v) is 7.15. The lowest BCUT2D eigenvalue weighted by Crippen LogP contribution is -2.18. The molecule has 0 heterocycles. The Morgan fingerprint density at radius 3 is 2.52 bits per heavy atom. The highest BCUT2D eigenvalue weighted by Gasteiger charge is 2.09. The van der Waals surface area contributed by atoms with Crippen LogP contribution in [0.15, 0.2) is 41.5 Å². The Morgan fingerprint density at radius 2 is 1.86 bits per heavy atom. The molecular formula is C15H11Cl3N2O. The van der Waals surface area contributed by atoms with E-state index >= 15 is 0 Å². The van der Waals surface area contributed by atoms with Gasteiger partial charge in [0.25, 0.3) is 5.91 Å². The molecule has 0 bridgehead atoms. The van der Waals surface area contributed by atoms with Crippen molar-refractivity contribution < 1.29 is 4.79 Å². The number of carbonyl (C=O) groups is 1. The van der Waals surface area contributed by atoms with Crippen molar-refractivity contribution in [3.63, 3.8) is 0 Å². The number of hydrogen-bond acceptors (Lipinski definition) is 2. The Balaban J connectivity index is 2.08. The Kier molecular flexibility index (Phi) is 5.23. The Hall–Kier alpha value is -1.55. The molecule has 3 nitrogen and oxygen atoms in total. The van der Waals surface area contributed by atoms with Crippen molar-refractivity contribution in [2.24, 2.45) is 5.10 Å². The van der Waals surface area contributed by atoms with Crippen LogP contribution in [0.2, 0.25) is 15.1 Å². The SMILES string of the molecule is Cc1ccc(C(=O)N/N=C\c2ccc(Cl)cc2Cl)c(Cl)c1. The zero-order valence-corrected chi connectivity index (χ0v) is 13.3. The van der Waals surface area contributed by atoms with Gasteiger partial charge in [0.2, 0.25) is 0 Å². The molecule has 21 heavy (non-hydrogen) atoms. The van der Waals surface area contributed by atoms with Crippen molar-refractivity contribution in [1.82, 2.24) is 5.43 Å². The van der Waals surface area contributed by atoms with E-state index in [1.54, 1.807) is 36.4 Å². The second-order valence-corrected chi connectivity index (χ2v) is 5.60. The van der Waals surface area contributed by atoms with Crippen molar-refractivity contribution in [2.45, 2.75) is 6.92 Å². The number of carbonyl (C=O) groups excluding carboxylic acids is 1. The van der Waals surface area contributed by atoms with Crippen LogP contribution in [0.25, 0.3) is 0 Å². The van der Waals surface area contributed by atoms with Crippen LogP contribution in [0.4, 0.5) is 0 Å². The van der Waals surface area contributed by atoms with E-state index in [0.717, 1.165) is 5.56 Å². The van der Waals surface area contributed by atoms with Crippen LogP contribution < -0.4 is 5.43 Å². The van der Waals surface area contributed by atoms with Crippen LogP contribution >= 0.6 is 34.8 Å². The summed E-state index contributed by atoms with van der Waals surface area (Å²) in [7, 11) is 0. The highest BCUT2D eigenvalue weighted by atomic mass is 35.5. The van der Waals surface area contributed by atoms with Gasteiger partial charge in [-0.1, -0.05) is 46.9 Å². The van der Waals surface area contributed by atoms with Gasteiger partial charge in [-0.05, 0) is 36.8 Å². The highest BCUT2D eigenvalue weighted by molar-refractivity contribution is 6.36. The number of benzene rings is 2. The van der Waals surface area contributed by atoms with Gasteiger partial charge in [0, 0.05) is 10.6 Å². The molecule has 2 rings (SSSR count). The van der Waals surface area contributed by atoms with Crippen molar-refractivity contribution in [3.8, 4) is 0 Å². The Bertz CT molecular complexity index is 714. The third kappa shape index (κ3) is 4.21. The van der Waals surface area contributed by atoms with E-state index in [-0.39, 0.29) is 5.91 Å². The normalized spacial score (nSPS) is 10.9. The summed E-state index contributed by atoms with van der Waals surface area (Å²) in [6, 6.07) is 10.2. The number of halogens is 3. The zero-order valence-electron chi connectivity index (χ0n) is 11.0. The minimum Gasteiger partial charge on any atom is -0.267 e. The highest BCUT2D eigenvalue weighted by Crippen LogP contribution is 2.19. The van der Waals surface area contributed by atoms with Crippen LogP contribution in [0.3, 0.4) is 0 Å². The number of nitrogens with zero attached hydrogens (tertiary/aromatic N) is 1. The summed E-state index contributed by atoms with van der Waals surface area (Å²) in [6.45, 7) is 1.90. The number of amides is 1. The molecule has 0 spiro atoms. The molecule has 0 aliphatic heterocycles. The molecule has 6 heteroatoms. The van der Waals surface area contributed by atoms with E-state index in [0.29, 0.717) is 26.2 Å². The predicted molar refractivity (Wildman–Crippen MR) is 87.7 cm³/mol. The molecule has 108 valence electrons. The lowest BCUT2D eigenvalue weighted by molar-refractivity contribution is 0.0955. The van der Waals surface area contributed by atoms with Gasteiger partial charge in [-0.2, -0.15) is 5.10 Å². The number of nitrogens with one attached hydrogen (secondary N) is 1. The zero-order chi connectivity index (χ0) is 15.4. The Labute approximate surface area is 137 Å². The molecule has 0 saturated heterocycles. The number of aryl methyl sites for hydroxylation is 1. The minimum absolute atomic E-state index is 0.363. The van der Waals surface area contributed by atoms with Crippen molar-refractivity contribution >= 4 is 46.9 Å². The summed E-state index contributed by atoms with van der Waals surface area (Å²) < 4.78 is 0. The van der Waals surface area contributed by atoms with Gasteiger partial charge in [0.05, 0.1) is 21.8 Å². The summed E-state index contributed by atoms with van der Waals surface area (Å²) >= 11 is 17.8. The summed E-state index contributed by atoms with van der Waals surface area (Å²) in [5, 5.41) is 5.23. The van der Waals surface area contributed by atoms with Gasteiger partial charge in [0.1, 0.15) is 0 Å². The van der Waals surface area contributed by atoms with Crippen molar-refractivity contribution in [3.05, 3.63) is 68.2 Å². The van der Waals surface area contributed by atoms with Crippen LogP contribution in [0.5, 0.6) is 0 Å². The molecule has 1 N–H and O–H groups in total. The van der Waals surface area contributed by atoms with Crippen molar-refractivity contribution in [2.75, 3.05) is 0 Å². The summed E-state index contributed by atoms with van der Waals surface area (Å²) in [5.74, 6) is -0.388. The topological polar surface area (TPSA) is 41.5 Å². The maximum absolute atomic E-state index is 11.9. The van der Waals surface area contributed by atoms with E-state index in [4.69, 9.17) is 34.8 Å². The average molecular weight is 342 g/mol. The molecular weight excluding hydrogens is 331 g/mol. The third-order valence-corrected chi connectivity index (χ3v) is 3.58. The lowest BCUT2D eigenvalue weighted by Gasteiger charge is -2.03. The van der Waals surface area contributed by atoms with Gasteiger partial charge >= 0.3 is 0 Å². The number of hydrogen-bond donors (Lipinski definition) is 1. The second kappa shape index (κ2) is 6.94. The molecule has 0 radical (unpaired) electrons. The summed E-state index contributed by atoms with van der Waals surface area (Å²) in [5.41, 5.74) is 4.40. The maximum atomic E-state index is 11.9. The predicted octanol–water partition coefficient (Wildman–Crippen LogP) is 4.72. The van der Waals surface area contributed by atoms with Crippen LogP contribution in [-0.2, 0) is 0 Å². The van der Waals surface area contributed by atoms with Crippen LogP contribution in [0.1, 0.15) is 21.5 Å². The van der Waals surface area contributed by atoms with Gasteiger partial charge in [-0.15, -0.1) is 0 Å². The van der Waals surface area contributed by atoms with Gasteiger partial charge in [-0.25, -0.2) is 5.43 Å². The molecule has 0 fully saturated rings. The third-order valence-electron chi connectivity index (χ3n) is 2.70. The largest absolute Gasteiger partial charge is 0.272 e. The molecule has 2 aromatic rings. The molecule has 0 unspecified atom stereocenters. The Morgan fingerprint density at radius 1 is 1.10 bits per heavy atom. The second-order valence-electron chi connectivity index (χ2n) is 4.35. The van der Waals surface area contributed by atoms with Gasteiger partial charge in [-0.3, -0.25) is 4.79 Å². The number of rotatable bonds is 3. The molecule has 0 aliphatic rings. The van der Waals surface area contributed by atoms with Crippen LogP contribution in [-0.4, -0.2) is 12.1 Å². The fourth-order valence-electron chi connectivity index (χ4n) is 1.63. The lowest BCUT2D eigenvalue weighted by atomic mass is 10.1. The molecule has 0 saturated carbocycles. The maximum Gasteiger partial charge on any atom is 0.272 e. The monoisotopic (exact) mass is 340 g/mol. The first-order valence-electron chi connectivity index (χ1n) is 6.02. The number of hydrazone groups is 1. The van der Waals surface area contributed by atoms with E-state index in [1.165, 1.54) is 6.21 Å². The standard InChI is InChI=1S/C15H11Cl3N2O/c1-9-2-5-12(14(18)6-9)15(21)20-19-8-10-3-4-11(16)7-13(10)17/h2-8H,1H3,(H,20,21)/b19-8-. The molecule has 0 aromatic heterocycles. The first kappa shape index (κ1) is 15.8. The quantitative estimate of drug-likeness (QED) is 0.637. The van der Waals surface area contributed by atoms with Gasteiger partial charge in [0.15, 0.2) is 0 Å². The average Bonchev–Trinajstić information content (AvgIpc) is 2.41. The van der Waals surface area contributed by atoms with E-state index < -0.39 is 0 Å². The van der Waals surface area contributed by atoms with Gasteiger partial charge < -0.3 is 0 Å². The first-order chi connectivity index (χ1) is 9.97. The van der Waals surface area contributed by atoms with E-state index in [1.807, 2.05) is 6.92 Å². The summed E-state index contributed by atoms with van der Waals surface area (Å²) in [4.78, 5) is 11.9. The van der Waals surface area contributed by atoms with Crippen LogP contribution in [0, 0.1) is 6.92 Å². The smallest absolute Gasteiger partial charge is 0.267 e. The molecule has 0 atom stereocenters. The molecule has 1 amide bonds. The fraction of sp³-hybridized carbons (Fsp3) is 0.0667. The minimum atomic E-state index is -0.388. The molecule has 2 aromatic carbocycles. The van der Waals surface area contributed by atoms with E-state index in [2.05, 4.69) is 10.5 Å². The fourth-order valence-corrected chi connectivity index (χ4v) is 2.41. The summed E-state index contributed by atoms with van der Waals surface area (Å²) in [6.07, 6.45) is 1.44. The van der Waals surface area contributed by atoms with Crippen molar-refractivity contribution in [1.29, 1.82) is 0 Å².